The third kappa shape index (κ3) is 5.06. The van der Waals surface area contributed by atoms with E-state index in [2.05, 4.69) is 0 Å². The van der Waals surface area contributed by atoms with Crippen LogP contribution in [0.1, 0.15) is 26.7 Å². The molecular formula is C13H26N4O2. The Morgan fingerprint density at radius 2 is 1.58 bits per heavy atom. The summed E-state index contributed by atoms with van der Waals surface area (Å²) < 4.78 is 0. The standard InChI is InChI=1S/C13H26N4O2/c1-13(2,14)6-5-11(18)16-7-9-17(10-8-16)12(19)15(3)4/h5-10,14H2,1-4H3. The average molecular weight is 270 g/mol. The lowest BCUT2D eigenvalue weighted by molar-refractivity contribution is -0.133. The molecule has 0 aromatic heterocycles. The minimum absolute atomic E-state index is 0.00944. The van der Waals surface area contributed by atoms with Crippen molar-refractivity contribution >= 4 is 11.9 Å². The lowest BCUT2D eigenvalue weighted by Crippen LogP contribution is -2.53. The Kier molecular flexibility index (Phi) is 5.17. The molecule has 0 spiro atoms. The summed E-state index contributed by atoms with van der Waals surface area (Å²) in [7, 11) is 3.48. The second kappa shape index (κ2) is 6.23. The van der Waals surface area contributed by atoms with Crippen LogP contribution in [0.5, 0.6) is 0 Å². The van der Waals surface area contributed by atoms with Gasteiger partial charge in [0.2, 0.25) is 5.91 Å². The van der Waals surface area contributed by atoms with E-state index in [1.807, 2.05) is 18.7 Å². The number of carbonyl (C=O) groups is 2. The van der Waals surface area contributed by atoms with Crippen molar-refractivity contribution in [2.75, 3.05) is 40.3 Å². The number of nitrogens with two attached hydrogens (primary N) is 1. The molecule has 0 saturated carbocycles. The van der Waals surface area contributed by atoms with Gasteiger partial charge in [-0.25, -0.2) is 4.79 Å². The van der Waals surface area contributed by atoms with Gasteiger partial charge >= 0.3 is 6.03 Å². The second-order valence-electron chi connectivity index (χ2n) is 6.03. The molecule has 6 heteroatoms. The summed E-state index contributed by atoms with van der Waals surface area (Å²) in [6.45, 7) is 6.29. The van der Waals surface area contributed by atoms with Crippen molar-refractivity contribution in [1.82, 2.24) is 14.7 Å². The lowest BCUT2D eigenvalue weighted by atomic mass is 9.99. The lowest BCUT2D eigenvalue weighted by Gasteiger charge is -2.36. The first-order chi connectivity index (χ1) is 8.70. The summed E-state index contributed by atoms with van der Waals surface area (Å²) in [4.78, 5) is 28.9. The van der Waals surface area contributed by atoms with E-state index >= 15 is 0 Å². The van der Waals surface area contributed by atoms with Crippen LogP contribution < -0.4 is 5.73 Å². The number of urea groups is 1. The predicted molar refractivity (Wildman–Crippen MR) is 74.7 cm³/mol. The topological polar surface area (TPSA) is 69.9 Å². The highest BCUT2D eigenvalue weighted by Gasteiger charge is 2.25. The third-order valence-corrected chi connectivity index (χ3v) is 3.27. The molecule has 3 amide bonds. The molecule has 6 nitrogen and oxygen atoms in total. The van der Waals surface area contributed by atoms with E-state index < -0.39 is 0 Å². The van der Waals surface area contributed by atoms with Crippen LogP contribution in [0.2, 0.25) is 0 Å². The predicted octanol–water partition coefficient (Wildman–Crippen LogP) is 0.330. The Bertz CT molecular complexity index is 328. The fraction of sp³-hybridized carbons (Fsp3) is 0.846. The molecule has 1 rings (SSSR count). The van der Waals surface area contributed by atoms with E-state index in [0.29, 0.717) is 39.0 Å². The number of piperazine rings is 1. The van der Waals surface area contributed by atoms with Crippen LogP contribution in [0.3, 0.4) is 0 Å². The molecular weight excluding hydrogens is 244 g/mol. The van der Waals surface area contributed by atoms with Crippen molar-refractivity contribution in [2.24, 2.45) is 5.73 Å². The molecule has 1 aliphatic rings. The third-order valence-electron chi connectivity index (χ3n) is 3.27. The maximum Gasteiger partial charge on any atom is 0.319 e. The van der Waals surface area contributed by atoms with Crippen molar-refractivity contribution in [3.8, 4) is 0 Å². The van der Waals surface area contributed by atoms with Crippen molar-refractivity contribution in [1.29, 1.82) is 0 Å². The van der Waals surface area contributed by atoms with Gasteiger partial charge in [0.25, 0.3) is 0 Å². The Labute approximate surface area is 115 Å². The Morgan fingerprint density at radius 1 is 1.11 bits per heavy atom. The number of hydrogen-bond donors (Lipinski definition) is 1. The SMILES string of the molecule is CN(C)C(=O)N1CCN(C(=O)CCC(C)(C)N)CC1. The average Bonchev–Trinajstić information content (AvgIpc) is 2.34. The highest BCUT2D eigenvalue weighted by Crippen LogP contribution is 2.11. The Hall–Kier alpha value is -1.30. The van der Waals surface area contributed by atoms with Crippen LogP contribution in [0.4, 0.5) is 4.79 Å². The second-order valence-corrected chi connectivity index (χ2v) is 6.03. The van der Waals surface area contributed by atoms with E-state index in [1.54, 1.807) is 23.9 Å². The van der Waals surface area contributed by atoms with Gasteiger partial charge in [-0.05, 0) is 20.3 Å². The first kappa shape index (κ1) is 15.8. The zero-order valence-corrected chi connectivity index (χ0v) is 12.5. The zero-order valence-electron chi connectivity index (χ0n) is 12.5. The van der Waals surface area contributed by atoms with Crippen LogP contribution >= 0.6 is 0 Å². The molecule has 19 heavy (non-hydrogen) atoms. The molecule has 0 unspecified atom stereocenters. The van der Waals surface area contributed by atoms with Crippen LogP contribution in [-0.2, 0) is 4.79 Å². The first-order valence-electron chi connectivity index (χ1n) is 6.73. The molecule has 1 aliphatic heterocycles. The van der Waals surface area contributed by atoms with Crippen LogP contribution in [-0.4, -0.2) is 72.5 Å². The van der Waals surface area contributed by atoms with E-state index in [0.717, 1.165) is 0 Å². The van der Waals surface area contributed by atoms with Gasteiger partial charge in [-0.2, -0.15) is 0 Å². The van der Waals surface area contributed by atoms with Gasteiger partial charge in [0.15, 0.2) is 0 Å². The summed E-state index contributed by atoms with van der Waals surface area (Å²) >= 11 is 0. The molecule has 1 heterocycles. The van der Waals surface area contributed by atoms with Gasteiger partial charge < -0.3 is 20.4 Å². The molecule has 0 aromatic carbocycles. The summed E-state index contributed by atoms with van der Waals surface area (Å²) in [5.41, 5.74) is 5.57. The number of carbonyl (C=O) groups excluding carboxylic acids is 2. The van der Waals surface area contributed by atoms with Gasteiger partial charge in [0, 0.05) is 52.2 Å². The van der Waals surface area contributed by atoms with Crippen molar-refractivity contribution in [2.45, 2.75) is 32.2 Å². The molecule has 1 fully saturated rings. The fourth-order valence-electron chi connectivity index (χ4n) is 2.02. The van der Waals surface area contributed by atoms with Crippen LogP contribution in [0.25, 0.3) is 0 Å². The van der Waals surface area contributed by atoms with Gasteiger partial charge in [-0.3, -0.25) is 4.79 Å². The monoisotopic (exact) mass is 270 g/mol. The largest absolute Gasteiger partial charge is 0.339 e. The van der Waals surface area contributed by atoms with Gasteiger partial charge in [0.1, 0.15) is 0 Å². The molecule has 2 N–H and O–H groups in total. The van der Waals surface area contributed by atoms with E-state index in [-0.39, 0.29) is 17.5 Å². The smallest absolute Gasteiger partial charge is 0.319 e. The van der Waals surface area contributed by atoms with Crippen molar-refractivity contribution in [3.63, 3.8) is 0 Å². The highest BCUT2D eigenvalue weighted by atomic mass is 16.2. The molecule has 0 atom stereocenters. The Balaban J connectivity index is 2.37. The normalized spacial score (nSPS) is 16.5. The maximum absolute atomic E-state index is 12.0. The van der Waals surface area contributed by atoms with Crippen molar-refractivity contribution < 1.29 is 9.59 Å². The number of amides is 3. The molecule has 0 bridgehead atoms. The summed E-state index contributed by atoms with van der Waals surface area (Å²) in [6, 6.07) is 0.00944. The summed E-state index contributed by atoms with van der Waals surface area (Å²) in [5.74, 6) is 0.135. The zero-order chi connectivity index (χ0) is 14.6. The fourth-order valence-corrected chi connectivity index (χ4v) is 2.02. The van der Waals surface area contributed by atoms with E-state index in [1.165, 1.54) is 0 Å². The molecule has 1 saturated heterocycles. The number of nitrogens with zero attached hydrogens (tertiary/aromatic N) is 3. The highest BCUT2D eigenvalue weighted by molar-refractivity contribution is 5.77. The summed E-state index contributed by atoms with van der Waals surface area (Å²) in [6.07, 6.45) is 1.16. The molecule has 110 valence electrons. The van der Waals surface area contributed by atoms with Gasteiger partial charge in [0.05, 0.1) is 0 Å². The first-order valence-corrected chi connectivity index (χ1v) is 6.73. The van der Waals surface area contributed by atoms with Crippen molar-refractivity contribution in [3.05, 3.63) is 0 Å². The molecule has 0 radical (unpaired) electrons. The minimum atomic E-state index is -0.307. The van der Waals surface area contributed by atoms with E-state index in [9.17, 15) is 9.59 Å². The molecule has 0 aromatic rings. The maximum atomic E-state index is 12.0. The van der Waals surface area contributed by atoms with Crippen LogP contribution in [0, 0.1) is 0 Å². The number of rotatable bonds is 3. The van der Waals surface area contributed by atoms with Gasteiger partial charge in [-0.1, -0.05) is 0 Å². The minimum Gasteiger partial charge on any atom is -0.339 e. The van der Waals surface area contributed by atoms with Gasteiger partial charge in [-0.15, -0.1) is 0 Å². The molecule has 0 aliphatic carbocycles. The Morgan fingerprint density at radius 3 is 2.00 bits per heavy atom. The number of hydrogen-bond acceptors (Lipinski definition) is 3. The summed E-state index contributed by atoms with van der Waals surface area (Å²) in [5, 5.41) is 0. The van der Waals surface area contributed by atoms with E-state index in [4.69, 9.17) is 5.73 Å². The quantitative estimate of drug-likeness (QED) is 0.803. The van der Waals surface area contributed by atoms with Crippen LogP contribution in [0.15, 0.2) is 0 Å².